The molecule has 0 aliphatic heterocycles. The fourth-order valence-electron chi connectivity index (χ4n) is 1.39. The van der Waals surface area contributed by atoms with Gasteiger partial charge in [-0.1, -0.05) is 6.92 Å². The molecule has 0 rings (SSSR count). The number of nitrogens with two attached hydrogens (primary N) is 2. The fraction of sp³-hybridized carbons (Fsp3) is 0.857. The van der Waals surface area contributed by atoms with Gasteiger partial charge in [0.15, 0.2) is 0 Å². The molecule has 132 valence electrons. The lowest BCUT2D eigenvalue weighted by molar-refractivity contribution is -0.00293. The van der Waals surface area contributed by atoms with Crippen molar-refractivity contribution in [1.29, 1.82) is 0 Å². The zero-order valence-electron chi connectivity index (χ0n) is 13.5. The van der Waals surface area contributed by atoms with Gasteiger partial charge in [-0.15, -0.1) is 0 Å². The largest absolute Gasteiger partial charge is 0.399 e. The maximum Gasteiger partial charge on any atom is 0.0840 e. The van der Waals surface area contributed by atoms with E-state index < -0.39 is 0 Å². The van der Waals surface area contributed by atoms with Crippen LogP contribution in [0.1, 0.15) is 13.3 Å². The summed E-state index contributed by atoms with van der Waals surface area (Å²) in [6, 6.07) is 0. The quantitative estimate of drug-likeness (QED) is 0.197. The minimum absolute atomic E-state index is 0.213. The molecule has 8 heteroatoms. The van der Waals surface area contributed by atoms with Gasteiger partial charge in [0.2, 0.25) is 0 Å². The Bertz CT molecular complexity index is 267. The Morgan fingerprint density at radius 3 is 1.82 bits per heavy atom. The molecule has 0 aliphatic rings. The van der Waals surface area contributed by atoms with Gasteiger partial charge < -0.3 is 34.8 Å². The Morgan fingerprint density at radius 1 is 0.909 bits per heavy atom. The standard InChI is InChI=1S/C14H31N3O5/c1-2-4-19-6-8-21-10-11-22-9-7-20-5-3-17(16)12-14(15)13-18/h12,18H,2-11,13,15-16H2,1H3/b14-12-. The molecule has 0 fully saturated rings. The van der Waals surface area contributed by atoms with Crippen LogP contribution in [0.3, 0.4) is 0 Å². The molecule has 0 heterocycles. The lowest BCUT2D eigenvalue weighted by Crippen LogP contribution is -2.30. The predicted molar refractivity (Wildman–Crippen MR) is 83.8 cm³/mol. The maximum absolute atomic E-state index is 8.73. The SMILES string of the molecule is CCCOCCOCCOCCOCCN(N)/C=C(\N)CO. The molecule has 8 nitrogen and oxygen atoms in total. The van der Waals surface area contributed by atoms with Crippen LogP contribution in [0, 0.1) is 0 Å². The molecule has 0 saturated carbocycles. The first-order valence-electron chi connectivity index (χ1n) is 7.60. The molecule has 22 heavy (non-hydrogen) atoms. The molecule has 0 spiro atoms. The second-order valence-corrected chi connectivity index (χ2v) is 4.55. The first-order valence-corrected chi connectivity index (χ1v) is 7.60. The van der Waals surface area contributed by atoms with Crippen LogP contribution in [-0.4, -0.2) is 76.1 Å². The zero-order chi connectivity index (χ0) is 16.5. The van der Waals surface area contributed by atoms with E-state index in [1.807, 2.05) is 0 Å². The van der Waals surface area contributed by atoms with Crippen LogP contribution in [0.2, 0.25) is 0 Å². The van der Waals surface area contributed by atoms with E-state index in [0.717, 1.165) is 13.0 Å². The molecular weight excluding hydrogens is 290 g/mol. The van der Waals surface area contributed by atoms with Gasteiger partial charge in [0.1, 0.15) is 0 Å². The number of aliphatic hydroxyl groups excluding tert-OH is 1. The average Bonchev–Trinajstić information content (AvgIpc) is 2.51. The Morgan fingerprint density at radius 2 is 1.36 bits per heavy atom. The van der Waals surface area contributed by atoms with E-state index in [-0.39, 0.29) is 6.61 Å². The second kappa shape index (κ2) is 16.5. The predicted octanol–water partition coefficient (Wildman–Crippen LogP) is -0.569. The van der Waals surface area contributed by atoms with Gasteiger partial charge in [-0.2, -0.15) is 0 Å². The van der Waals surface area contributed by atoms with Crippen molar-refractivity contribution in [3.8, 4) is 0 Å². The van der Waals surface area contributed by atoms with Crippen molar-refractivity contribution in [3.05, 3.63) is 11.9 Å². The molecule has 0 aromatic carbocycles. The number of ether oxygens (including phenoxy) is 4. The van der Waals surface area contributed by atoms with Crippen molar-refractivity contribution < 1.29 is 24.1 Å². The first kappa shape index (κ1) is 21.1. The topological polar surface area (TPSA) is 112 Å². The third-order valence-corrected chi connectivity index (χ3v) is 2.47. The summed E-state index contributed by atoms with van der Waals surface area (Å²) in [7, 11) is 0. The number of hydrogen-bond acceptors (Lipinski definition) is 8. The summed E-state index contributed by atoms with van der Waals surface area (Å²) in [5.74, 6) is 5.62. The van der Waals surface area contributed by atoms with Crippen molar-refractivity contribution in [1.82, 2.24) is 5.01 Å². The minimum atomic E-state index is -0.213. The van der Waals surface area contributed by atoms with Crippen molar-refractivity contribution in [2.24, 2.45) is 11.6 Å². The van der Waals surface area contributed by atoms with Crippen molar-refractivity contribution in [2.75, 3.05) is 66.0 Å². The van der Waals surface area contributed by atoms with E-state index in [4.69, 9.17) is 35.6 Å². The summed E-state index contributed by atoms with van der Waals surface area (Å²) in [6.45, 7) is 6.90. The molecule has 0 bridgehead atoms. The molecule has 0 aromatic heterocycles. The van der Waals surface area contributed by atoms with Crippen LogP contribution in [-0.2, 0) is 18.9 Å². The molecule has 0 atom stereocenters. The Labute approximate surface area is 132 Å². The number of nitrogens with zero attached hydrogens (tertiary/aromatic N) is 1. The van der Waals surface area contributed by atoms with Gasteiger partial charge in [0.05, 0.1) is 65.1 Å². The Balaban J connectivity index is 3.17. The second-order valence-electron chi connectivity index (χ2n) is 4.55. The highest BCUT2D eigenvalue weighted by Crippen LogP contribution is 1.87. The molecule has 5 N–H and O–H groups in total. The third-order valence-electron chi connectivity index (χ3n) is 2.47. The van der Waals surface area contributed by atoms with Gasteiger partial charge in [0, 0.05) is 12.8 Å². The summed E-state index contributed by atoms with van der Waals surface area (Å²) in [4.78, 5) is 0. The fourth-order valence-corrected chi connectivity index (χ4v) is 1.39. The number of hydrazine groups is 1. The highest BCUT2D eigenvalue weighted by molar-refractivity contribution is 4.94. The highest BCUT2D eigenvalue weighted by atomic mass is 16.6. The monoisotopic (exact) mass is 321 g/mol. The lowest BCUT2D eigenvalue weighted by atomic mass is 10.5. The summed E-state index contributed by atoms with van der Waals surface area (Å²) >= 11 is 0. The van der Waals surface area contributed by atoms with E-state index in [1.165, 1.54) is 11.2 Å². The van der Waals surface area contributed by atoms with E-state index in [0.29, 0.717) is 58.5 Å². The normalized spacial score (nSPS) is 11.9. The molecule has 0 amide bonds. The minimum Gasteiger partial charge on any atom is -0.399 e. The summed E-state index contributed by atoms with van der Waals surface area (Å²) < 4.78 is 21.3. The van der Waals surface area contributed by atoms with Crippen molar-refractivity contribution in [3.63, 3.8) is 0 Å². The molecule has 0 saturated heterocycles. The van der Waals surface area contributed by atoms with E-state index >= 15 is 0 Å². The van der Waals surface area contributed by atoms with Crippen LogP contribution < -0.4 is 11.6 Å². The molecule has 0 unspecified atom stereocenters. The third kappa shape index (κ3) is 15.5. The van der Waals surface area contributed by atoms with Crippen LogP contribution in [0.4, 0.5) is 0 Å². The maximum atomic E-state index is 8.73. The number of hydrogen-bond donors (Lipinski definition) is 3. The zero-order valence-corrected chi connectivity index (χ0v) is 13.5. The average molecular weight is 321 g/mol. The van der Waals surface area contributed by atoms with Gasteiger partial charge >= 0.3 is 0 Å². The number of rotatable bonds is 16. The van der Waals surface area contributed by atoms with Gasteiger partial charge in [0.25, 0.3) is 0 Å². The van der Waals surface area contributed by atoms with Crippen molar-refractivity contribution in [2.45, 2.75) is 13.3 Å². The van der Waals surface area contributed by atoms with Crippen LogP contribution in [0.25, 0.3) is 0 Å². The smallest absolute Gasteiger partial charge is 0.0840 e. The molecule has 0 radical (unpaired) electrons. The van der Waals surface area contributed by atoms with Gasteiger partial charge in [-0.3, -0.25) is 0 Å². The molecule has 0 aliphatic carbocycles. The van der Waals surface area contributed by atoms with E-state index in [1.54, 1.807) is 0 Å². The van der Waals surface area contributed by atoms with Crippen LogP contribution >= 0.6 is 0 Å². The molecule has 0 aromatic rings. The first-order chi connectivity index (χ1) is 10.7. The lowest BCUT2D eigenvalue weighted by Gasteiger charge is -2.14. The van der Waals surface area contributed by atoms with E-state index in [9.17, 15) is 0 Å². The van der Waals surface area contributed by atoms with Crippen molar-refractivity contribution >= 4 is 0 Å². The highest BCUT2D eigenvalue weighted by Gasteiger charge is 1.96. The summed E-state index contributed by atoms with van der Waals surface area (Å²) in [5.41, 5.74) is 5.74. The van der Waals surface area contributed by atoms with E-state index in [2.05, 4.69) is 6.92 Å². The van der Waals surface area contributed by atoms with Gasteiger partial charge in [-0.05, 0) is 6.42 Å². The summed E-state index contributed by atoms with van der Waals surface area (Å²) in [5, 5.41) is 10.1. The number of aliphatic hydroxyl groups is 1. The van der Waals surface area contributed by atoms with Gasteiger partial charge in [-0.25, -0.2) is 5.84 Å². The van der Waals surface area contributed by atoms with Crippen LogP contribution in [0.5, 0.6) is 0 Å². The molecular formula is C14H31N3O5. The summed E-state index contributed by atoms with van der Waals surface area (Å²) in [6.07, 6.45) is 2.50. The Kier molecular flexibility index (Phi) is 15.8. The Hall–Kier alpha value is -0.900. The van der Waals surface area contributed by atoms with Crippen LogP contribution in [0.15, 0.2) is 11.9 Å².